The zero-order chi connectivity index (χ0) is 21.7. The summed E-state index contributed by atoms with van der Waals surface area (Å²) in [5.41, 5.74) is 2.99. The maximum Gasteiger partial charge on any atom is 0.350 e. The average molecular weight is 423 g/mol. The van der Waals surface area contributed by atoms with Crippen molar-refractivity contribution >= 4 is 34.7 Å². The number of thiophene rings is 1. The van der Waals surface area contributed by atoms with Crippen LogP contribution in [0.2, 0.25) is 0 Å². The maximum atomic E-state index is 12.8. The van der Waals surface area contributed by atoms with E-state index in [1.54, 1.807) is 0 Å². The number of hydrogen-bond acceptors (Lipinski definition) is 4. The van der Waals surface area contributed by atoms with Crippen molar-refractivity contribution in [1.29, 1.82) is 0 Å². The van der Waals surface area contributed by atoms with E-state index in [1.807, 2.05) is 67.6 Å². The summed E-state index contributed by atoms with van der Waals surface area (Å²) < 4.78 is 5.49. The van der Waals surface area contributed by atoms with Crippen LogP contribution in [0.5, 0.6) is 0 Å². The van der Waals surface area contributed by atoms with Gasteiger partial charge >= 0.3 is 12.0 Å². The molecule has 0 saturated heterocycles. The molecule has 3 rings (SSSR count). The lowest BCUT2D eigenvalue weighted by Crippen LogP contribution is -2.20. The Labute approximate surface area is 181 Å². The van der Waals surface area contributed by atoms with Gasteiger partial charge in [-0.2, -0.15) is 0 Å². The molecule has 2 amide bonds. The van der Waals surface area contributed by atoms with Gasteiger partial charge in [0, 0.05) is 10.6 Å². The monoisotopic (exact) mass is 422 g/mol. The first-order valence-electron chi connectivity index (χ1n) is 9.72. The summed E-state index contributed by atoms with van der Waals surface area (Å²) in [6.45, 7) is 8.35. The summed E-state index contributed by atoms with van der Waals surface area (Å²) in [6.07, 6.45) is 0. The SMILES string of the molecule is Cc1ccc(NC(=O)Nc2cc(C(C)(C)C)sc2C(=O)OCc2ccccc2)cc1. The fraction of sp³-hybridized carbons (Fsp3) is 0.250. The van der Waals surface area contributed by atoms with Crippen molar-refractivity contribution in [2.24, 2.45) is 0 Å². The molecule has 1 heterocycles. The first-order chi connectivity index (χ1) is 14.2. The summed E-state index contributed by atoms with van der Waals surface area (Å²) in [5, 5.41) is 5.60. The predicted octanol–water partition coefficient (Wildman–Crippen LogP) is 6.36. The average Bonchev–Trinajstić information content (AvgIpc) is 3.13. The van der Waals surface area contributed by atoms with E-state index in [1.165, 1.54) is 11.3 Å². The number of esters is 1. The van der Waals surface area contributed by atoms with E-state index < -0.39 is 12.0 Å². The van der Waals surface area contributed by atoms with Crippen LogP contribution in [0.4, 0.5) is 16.2 Å². The van der Waals surface area contributed by atoms with Crippen molar-refractivity contribution in [3.05, 3.63) is 81.5 Å². The van der Waals surface area contributed by atoms with Crippen LogP contribution >= 0.6 is 11.3 Å². The number of urea groups is 1. The molecule has 0 aliphatic heterocycles. The Morgan fingerprint density at radius 3 is 2.27 bits per heavy atom. The molecule has 2 aromatic carbocycles. The van der Waals surface area contributed by atoms with E-state index in [0.29, 0.717) is 16.3 Å². The summed E-state index contributed by atoms with van der Waals surface area (Å²) in [6, 6.07) is 18.4. The van der Waals surface area contributed by atoms with E-state index in [9.17, 15) is 9.59 Å². The van der Waals surface area contributed by atoms with Gasteiger partial charge in [0.15, 0.2) is 0 Å². The molecule has 0 saturated carbocycles. The van der Waals surface area contributed by atoms with Crippen LogP contribution in [0.1, 0.15) is 46.4 Å². The molecule has 0 aliphatic rings. The van der Waals surface area contributed by atoms with E-state index in [4.69, 9.17) is 4.74 Å². The fourth-order valence-corrected chi connectivity index (χ4v) is 3.78. The lowest BCUT2D eigenvalue weighted by molar-refractivity contribution is 0.0479. The van der Waals surface area contributed by atoms with E-state index in [2.05, 4.69) is 31.4 Å². The number of benzene rings is 2. The molecule has 1 aromatic heterocycles. The molecule has 2 N–H and O–H groups in total. The number of rotatable bonds is 5. The molecular formula is C24H26N2O3S. The second-order valence-electron chi connectivity index (χ2n) is 8.11. The Morgan fingerprint density at radius 1 is 0.967 bits per heavy atom. The van der Waals surface area contributed by atoms with Gasteiger partial charge < -0.3 is 15.4 Å². The molecule has 0 spiro atoms. The Morgan fingerprint density at radius 2 is 1.63 bits per heavy atom. The number of hydrogen-bond donors (Lipinski definition) is 2. The predicted molar refractivity (Wildman–Crippen MR) is 122 cm³/mol. The molecule has 156 valence electrons. The maximum absolute atomic E-state index is 12.8. The summed E-state index contributed by atoms with van der Waals surface area (Å²) in [5.74, 6) is -0.454. The van der Waals surface area contributed by atoms with Gasteiger partial charge in [0.05, 0.1) is 5.69 Å². The quantitative estimate of drug-likeness (QED) is 0.471. The van der Waals surface area contributed by atoms with Crippen molar-refractivity contribution < 1.29 is 14.3 Å². The topological polar surface area (TPSA) is 67.4 Å². The number of carbonyl (C=O) groups excluding carboxylic acids is 2. The van der Waals surface area contributed by atoms with Gasteiger partial charge in [-0.05, 0) is 36.1 Å². The summed E-state index contributed by atoms with van der Waals surface area (Å²) in [7, 11) is 0. The minimum Gasteiger partial charge on any atom is -0.457 e. The number of anilines is 2. The molecular weight excluding hydrogens is 396 g/mol. The van der Waals surface area contributed by atoms with Gasteiger partial charge in [0.1, 0.15) is 11.5 Å². The highest BCUT2D eigenvalue weighted by molar-refractivity contribution is 7.14. The molecule has 0 unspecified atom stereocenters. The Bertz CT molecular complexity index is 1020. The minimum absolute atomic E-state index is 0.160. The van der Waals surface area contributed by atoms with E-state index in [-0.39, 0.29) is 12.0 Å². The molecule has 0 aliphatic carbocycles. The van der Waals surface area contributed by atoms with Crippen LogP contribution in [-0.4, -0.2) is 12.0 Å². The molecule has 0 atom stereocenters. The van der Waals surface area contributed by atoms with Crippen LogP contribution < -0.4 is 10.6 Å². The van der Waals surface area contributed by atoms with Crippen molar-refractivity contribution in [2.75, 3.05) is 10.6 Å². The number of ether oxygens (including phenoxy) is 1. The first-order valence-corrected chi connectivity index (χ1v) is 10.5. The zero-order valence-electron chi connectivity index (χ0n) is 17.6. The van der Waals surface area contributed by atoms with Crippen molar-refractivity contribution in [3.8, 4) is 0 Å². The Hall–Kier alpha value is -3.12. The molecule has 0 fully saturated rings. The smallest absolute Gasteiger partial charge is 0.350 e. The largest absolute Gasteiger partial charge is 0.457 e. The van der Waals surface area contributed by atoms with Crippen molar-refractivity contribution in [2.45, 2.75) is 39.7 Å². The lowest BCUT2D eigenvalue weighted by Gasteiger charge is -2.15. The minimum atomic E-state index is -0.454. The Kier molecular flexibility index (Phi) is 6.57. The Balaban J connectivity index is 1.76. The zero-order valence-corrected chi connectivity index (χ0v) is 18.4. The van der Waals surface area contributed by atoms with Gasteiger partial charge in [-0.25, -0.2) is 9.59 Å². The number of amides is 2. The first kappa shape index (κ1) is 21.6. The van der Waals surface area contributed by atoms with Gasteiger partial charge in [-0.1, -0.05) is 68.8 Å². The molecule has 0 bridgehead atoms. The highest BCUT2D eigenvalue weighted by Crippen LogP contribution is 2.36. The normalized spacial score (nSPS) is 11.1. The number of aryl methyl sites for hydroxylation is 1. The van der Waals surface area contributed by atoms with Crippen LogP contribution in [0.3, 0.4) is 0 Å². The van der Waals surface area contributed by atoms with Crippen LogP contribution in [-0.2, 0) is 16.8 Å². The highest BCUT2D eigenvalue weighted by atomic mass is 32.1. The van der Waals surface area contributed by atoms with Crippen LogP contribution in [0.25, 0.3) is 0 Å². The van der Waals surface area contributed by atoms with Crippen LogP contribution in [0.15, 0.2) is 60.7 Å². The lowest BCUT2D eigenvalue weighted by atomic mass is 9.94. The second-order valence-corrected chi connectivity index (χ2v) is 9.16. The number of carbonyl (C=O) groups is 2. The van der Waals surface area contributed by atoms with Gasteiger partial charge in [-0.15, -0.1) is 11.3 Å². The standard InChI is InChI=1S/C24H26N2O3S/c1-16-10-12-18(13-11-16)25-23(28)26-19-14-20(24(2,3)4)30-21(19)22(27)29-15-17-8-6-5-7-9-17/h5-14H,15H2,1-4H3,(H2,25,26,28). The van der Waals surface area contributed by atoms with Crippen molar-refractivity contribution in [1.82, 2.24) is 0 Å². The fourth-order valence-electron chi connectivity index (χ4n) is 2.72. The molecule has 6 heteroatoms. The third kappa shape index (κ3) is 5.70. The van der Waals surface area contributed by atoms with Gasteiger partial charge in [0.25, 0.3) is 0 Å². The van der Waals surface area contributed by atoms with Gasteiger partial charge in [-0.3, -0.25) is 0 Å². The summed E-state index contributed by atoms with van der Waals surface area (Å²) in [4.78, 5) is 26.7. The third-order valence-corrected chi connectivity index (χ3v) is 5.97. The molecule has 0 radical (unpaired) electrons. The highest BCUT2D eigenvalue weighted by Gasteiger charge is 2.25. The second kappa shape index (κ2) is 9.13. The summed E-state index contributed by atoms with van der Waals surface area (Å²) >= 11 is 1.34. The van der Waals surface area contributed by atoms with Crippen LogP contribution in [0, 0.1) is 6.92 Å². The molecule has 30 heavy (non-hydrogen) atoms. The molecule has 5 nitrogen and oxygen atoms in total. The van der Waals surface area contributed by atoms with E-state index >= 15 is 0 Å². The third-order valence-electron chi connectivity index (χ3n) is 4.43. The molecule has 3 aromatic rings. The van der Waals surface area contributed by atoms with Crippen molar-refractivity contribution in [3.63, 3.8) is 0 Å². The number of nitrogens with one attached hydrogen (secondary N) is 2. The van der Waals surface area contributed by atoms with E-state index in [0.717, 1.165) is 16.0 Å². The van der Waals surface area contributed by atoms with Gasteiger partial charge in [0.2, 0.25) is 0 Å².